The van der Waals surface area contributed by atoms with Crippen molar-refractivity contribution in [2.75, 3.05) is 10.2 Å². The molecule has 0 saturated heterocycles. The zero-order chi connectivity index (χ0) is 58.1. The fraction of sp³-hybridized carbons (Fsp3) is 0. The molecule has 18 rings (SSSR count). The average molecular weight is 1120 g/mol. The van der Waals surface area contributed by atoms with Gasteiger partial charge in [0.25, 0.3) is 6.71 Å². The Morgan fingerprint density at radius 3 is 1.41 bits per heavy atom. The van der Waals surface area contributed by atoms with Crippen LogP contribution in [0.15, 0.2) is 285 Å². The Hall–Kier alpha value is -12.1. The van der Waals surface area contributed by atoms with Crippen molar-refractivity contribution in [1.82, 2.24) is 13.7 Å². The summed E-state index contributed by atoms with van der Waals surface area (Å²) < 4.78 is 7.08. The number of benzene rings is 13. The number of aromatic nitrogens is 3. The molecule has 2 aliphatic heterocycles. The Kier molecular flexibility index (Phi) is 10.8. The normalized spacial score (nSPS) is 12.3. The predicted molar refractivity (Wildman–Crippen MR) is 364 cm³/mol. The summed E-state index contributed by atoms with van der Waals surface area (Å²) in [7, 11) is 0. The van der Waals surface area contributed by atoms with Crippen molar-refractivity contribution in [2.45, 2.75) is 0 Å². The molecule has 2 aliphatic rings. The van der Waals surface area contributed by atoms with Crippen LogP contribution in [-0.2, 0) is 0 Å². The summed E-state index contributed by atoms with van der Waals surface area (Å²) >= 11 is 0. The quantitative estimate of drug-likeness (QED) is 0.161. The number of fused-ring (bicyclic) bond motifs is 13. The van der Waals surface area contributed by atoms with Gasteiger partial charge in [-0.3, -0.25) is 0 Å². The summed E-state index contributed by atoms with van der Waals surface area (Å²) in [6, 6.07) is 107. The van der Waals surface area contributed by atoms with E-state index in [1.165, 1.54) is 32.3 Å². The fourth-order valence-corrected chi connectivity index (χ4v) is 14.7. The third-order valence-corrected chi connectivity index (χ3v) is 18.5. The van der Waals surface area contributed by atoms with Crippen LogP contribution in [0.25, 0.3) is 116 Å². The molecule has 0 spiro atoms. The Morgan fingerprint density at radius 1 is 0.307 bits per heavy atom. The number of hydrogen-bond donors (Lipinski definition) is 1. The molecule has 88 heavy (non-hydrogen) atoms. The summed E-state index contributed by atoms with van der Waals surface area (Å²) in [6.45, 7) is -0.228. The van der Waals surface area contributed by atoms with E-state index in [1.54, 1.807) is 0 Å². The van der Waals surface area contributed by atoms with Crippen LogP contribution < -0.4 is 26.6 Å². The van der Waals surface area contributed by atoms with E-state index in [1.807, 2.05) is 18.2 Å². The van der Waals surface area contributed by atoms with E-state index in [0.717, 1.165) is 128 Å². The molecule has 8 heteroatoms. The zero-order valence-corrected chi connectivity index (χ0v) is 47.4. The van der Waals surface area contributed by atoms with Gasteiger partial charge in [-0.05, 0) is 142 Å². The SMILES string of the molecule is N#Cc1ccc(-n2c3ccccc3c3ccccc32)c(-c2ccc3c(c2)Nc2cc(-c4cc(-n5c6ccccc6c6ccccc65)ccc4C#N)cc4c2B3c2ccc(-n3c5ccccc5c5ccccc53)cc2N4c2ccccc2-c2ccccc2)c1. The summed E-state index contributed by atoms with van der Waals surface area (Å²) in [5.74, 6) is 0. The van der Waals surface area contributed by atoms with Gasteiger partial charge in [-0.1, -0.05) is 176 Å². The molecule has 0 bridgehead atoms. The molecule has 0 atom stereocenters. The van der Waals surface area contributed by atoms with Crippen molar-refractivity contribution < 1.29 is 0 Å². The number of anilines is 5. The number of nitriles is 2. The smallest absolute Gasteiger partial charge is 0.252 e. The van der Waals surface area contributed by atoms with Crippen LogP contribution in [0.4, 0.5) is 28.4 Å². The van der Waals surface area contributed by atoms with E-state index in [4.69, 9.17) is 0 Å². The molecule has 0 unspecified atom stereocenters. The van der Waals surface area contributed by atoms with Gasteiger partial charge in [0.1, 0.15) is 0 Å². The van der Waals surface area contributed by atoms with E-state index in [-0.39, 0.29) is 6.71 Å². The minimum absolute atomic E-state index is 0.228. The van der Waals surface area contributed by atoms with Gasteiger partial charge in [0.15, 0.2) is 0 Å². The number of hydrogen-bond acceptors (Lipinski definition) is 4. The molecule has 13 aromatic carbocycles. The maximum Gasteiger partial charge on any atom is 0.252 e. The third-order valence-electron chi connectivity index (χ3n) is 18.5. The second-order valence-electron chi connectivity index (χ2n) is 23.1. The highest BCUT2D eigenvalue weighted by molar-refractivity contribution is 7.00. The highest BCUT2D eigenvalue weighted by atomic mass is 15.2. The van der Waals surface area contributed by atoms with Crippen LogP contribution in [0, 0.1) is 22.7 Å². The second-order valence-corrected chi connectivity index (χ2v) is 23.1. The number of nitrogens with zero attached hydrogens (tertiary/aromatic N) is 6. The summed E-state index contributed by atoms with van der Waals surface area (Å²) in [6.07, 6.45) is 0. The van der Waals surface area contributed by atoms with Crippen molar-refractivity contribution in [3.8, 4) is 62.6 Å². The predicted octanol–water partition coefficient (Wildman–Crippen LogP) is 18.1. The van der Waals surface area contributed by atoms with Crippen LogP contribution in [0.1, 0.15) is 11.1 Å². The monoisotopic (exact) mass is 1120 g/mol. The van der Waals surface area contributed by atoms with E-state index in [9.17, 15) is 10.5 Å². The molecular formula is C80H48BN7. The van der Waals surface area contributed by atoms with E-state index < -0.39 is 0 Å². The molecule has 406 valence electrons. The molecule has 1 N–H and O–H groups in total. The third kappa shape index (κ3) is 7.24. The van der Waals surface area contributed by atoms with Crippen molar-refractivity contribution in [3.05, 3.63) is 296 Å². The fourth-order valence-electron chi connectivity index (χ4n) is 14.7. The van der Waals surface area contributed by atoms with Crippen LogP contribution in [-0.4, -0.2) is 20.4 Å². The van der Waals surface area contributed by atoms with Gasteiger partial charge in [0.2, 0.25) is 0 Å². The first kappa shape index (κ1) is 49.3. The van der Waals surface area contributed by atoms with E-state index in [2.05, 4.69) is 303 Å². The highest BCUT2D eigenvalue weighted by Crippen LogP contribution is 2.48. The maximum atomic E-state index is 11.3. The Morgan fingerprint density at radius 2 is 0.818 bits per heavy atom. The van der Waals surface area contributed by atoms with Crippen molar-refractivity contribution >= 4 is 117 Å². The van der Waals surface area contributed by atoms with Gasteiger partial charge in [0, 0.05) is 83.1 Å². The highest BCUT2D eigenvalue weighted by Gasteiger charge is 2.42. The molecule has 3 aromatic heterocycles. The molecule has 0 aliphatic carbocycles. The molecule has 0 fully saturated rings. The number of para-hydroxylation sites is 7. The van der Waals surface area contributed by atoms with Gasteiger partial charge in [0.05, 0.1) is 67.7 Å². The van der Waals surface area contributed by atoms with Crippen LogP contribution in [0.5, 0.6) is 0 Å². The Labute approximate surface area is 507 Å². The number of rotatable bonds is 7. The Balaban J connectivity index is 0.916. The van der Waals surface area contributed by atoms with Gasteiger partial charge in [-0.15, -0.1) is 0 Å². The summed E-state index contributed by atoms with van der Waals surface area (Å²) in [5.41, 5.74) is 25.1. The largest absolute Gasteiger partial charge is 0.356 e. The van der Waals surface area contributed by atoms with Crippen molar-refractivity contribution in [3.63, 3.8) is 0 Å². The minimum atomic E-state index is -0.228. The molecule has 0 radical (unpaired) electrons. The molecular weight excluding hydrogens is 1070 g/mol. The van der Waals surface area contributed by atoms with Crippen LogP contribution >= 0.6 is 0 Å². The van der Waals surface area contributed by atoms with Crippen LogP contribution in [0.2, 0.25) is 0 Å². The van der Waals surface area contributed by atoms with Gasteiger partial charge < -0.3 is 23.9 Å². The van der Waals surface area contributed by atoms with Gasteiger partial charge in [-0.25, -0.2) is 0 Å². The molecule has 0 saturated carbocycles. The standard InChI is InChI=1S/C80H48BN7/c82-48-50-34-41-77(87-75-32-16-9-25-62(75)63-26-10-17-33-76(63)87)65(42-50)52-36-39-66-68(43-52)84-69-44-54(64-46-55(37-35-53(64)49-83)85-71-28-12-5-21-58(71)59-22-6-13-29-72(59)85)45-79-80(69)81(66)67-40-38-56(86-73-30-14-7-23-60(73)61-24-8-15-31-74(61)86)47-78(67)88(79)70-27-11-4-20-57(70)51-18-2-1-3-19-51/h1-47,84H. The van der Waals surface area contributed by atoms with E-state index >= 15 is 0 Å². The Bertz CT molecular complexity index is 5570. The van der Waals surface area contributed by atoms with Gasteiger partial charge >= 0.3 is 0 Å². The lowest BCUT2D eigenvalue weighted by atomic mass is 9.33. The van der Waals surface area contributed by atoms with Gasteiger partial charge in [-0.2, -0.15) is 10.5 Å². The molecule has 0 amide bonds. The van der Waals surface area contributed by atoms with Crippen LogP contribution in [0.3, 0.4) is 0 Å². The first-order valence-electron chi connectivity index (χ1n) is 29.8. The first-order chi connectivity index (χ1) is 43.6. The lowest BCUT2D eigenvalue weighted by molar-refractivity contribution is 1.17. The van der Waals surface area contributed by atoms with E-state index in [0.29, 0.717) is 11.1 Å². The minimum Gasteiger partial charge on any atom is -0.356 e. The summed E-state index contributed by atoms with van der Waals surface area (Å²) in [4.78, 5) is 2.49. The lowest BCUT2D eigenvalue weighted by Crippen LogP contribution is -2.60. The number of nitrogens with one attached hydrogen (secondary N) is 1. The van der Waals surface area contributed by atoms with Crippen molar-refractivity contribution in [2.24, 2.45) is 0 Å². The topological polar surface area (TPSA) is 77.6 Å². The first-order valence-corrected chi connectivity index (χ1v) is 29.8. The second kappa shape index (κ2) is 19.2. The summed E-state index contributed by atoms with van der Waals surface area (Å²) in [5, 5.41) is 33.0. The lowest BCUT2D eigenvalue weighted by Gasteiger charge is -2.42. The molecule has 5 heterocycles. The molecule has 7 nitrogen and oxygen atoms in total. The average Bonchev–Trinajstić information content (AvgIpc) is 0.972. The zero-order valence-electron chi connectivity index (χ0n) is 47.4. The molecule has 16 aromatic rings. The maximum absolute atomic E-state index is 11.3. The van der Waals surface area contributed by atoms with Crippen molar-refractivity contribution in [1.29, 1.82) is 10.5 Å².